The summed E-state index contributed by atoms with van der Waals surface area (Å²) in [6.07, 6.45) is 3.86. The molecule has 218 valence electrons. The molecule has 13 heteroatoms. The molecule has 5 aromatic rings. The van der Waals surface area contributed by atoms with Gasteiger partial charge >= 0.3 is 6.18 Å². The maximum atomic E-state index is 14.2. The lowest BCUT2D eigenvalue weighted by Crippen LogP contribution is -2.46. The lowest BCUT2D eigenvalue weighted by Gasteiger charge is -2.34. The summed E-state index contributed by atoms with van der Waals surface area (Å²) < 4.78 is 45.7. The molecular formula is C30H25F3N8O2. The van der Waals surface area contributed by atoms with Gasteiger partial charge in [0.2, 0.25) is 5.95 Å². The zero-order valence-electron chi connectivity index (χ0n) is 23.6. The number of aryl methyl sites for hydroxylation is 3. The Morgan fingerprint density at radius 3 is 2.58 bits per heavy atom. The average Bonchev–Trinajstić information content (AvgIpc) is 3.51. The minimum absolute atomic E-state index is 0.0898. The van der Waals surface area contributed by atoms with Crippen molar-refractivity contribution in [2.24, 2.45) is 7.05 Å². The third-order valence-electron chi connectivity index (χ3n) is 7.58. The van der Waals surface area contributed by atoms with Gasteiger partial charge in [0.25, 0.3) is 11.5 Å². The highest BCUT2D eigenvalue weighted by Gasteiger charge is 2.36. The van der Waals surface area contributed by atoms with E-state index in [9.17, 15) is 22.8 Å². The number of amides is 1. The van der Waals surface area contributed by atoms with Gasteiger partial charge in [0.15, 0.2) is 5.65 Å². The molecule has 4 aromatic heterocycles. The van der Waals surface area contributed by atoms with Gasteiger partial charge in [-0.3, -0.25) is 9.59 Å². The molecule has 0 radical (unpaired) electrons. The molecule has 0 bridgehead atoms. The third-order valence-corrected chi connectivity index (χ3v) is 7.58. The lowest BCUT2D eigenvalue weighted by molar-refractivity contribution is -0.137. The molecule has 6 rings (SSSR count). The van der Waals surface area contributed by atoms with Gasteiger partial charge in [-0.25, -0.2) is 24.2 Å². The monoisotopic (exact) mass is 586 g/mol. The summed E-state index contributed by atoms with van der Waals surface area (Å²) >= 11 is 0. The van der Waals surface area contributed by atoms with E-state index in [0.29, 0.717) is 33.8 Å². The highest BCUT2D eigenvalue weighted by atomic mass is 19.4. The van der Waals surface area contributed by atoms with Gasteiger partial charge in [-0.15, -0.1) is 6.42 Å². The van der Waals surface area contributed by atoms with Crippen molar-refractivity contribution in [3.63, 3.8) is 0 Å². The molecule has 1 aromatic carbocycles. The van der Waals surface area contributed by atoms with Crippen LogP contribution >= 0.6 is 0 Å². The highest BCUT2D eigenvalue weighted by molar-refractivity contribution is 5.95. The molecular weight excluding hydrogens is 561 g/mol. The normalized spacial score (nSPS) is 15.0. The van der Waals surface area contributed by atoms with Gasteiger partial charge in [-0.05, 0) is 57.5 Å². The van der Waals surface area contributed by atoms with Crippen LogP contribution in [0.3, 0.4) is 0 Å². The average molecular weight is 587 g/mol. The predicted octanol–water partition coefficient (Wildman–Crippen LogP) is 3.90. The van der Waals surface area contributed by atoms with Crippen molar-refractivity contribution in [2.45, 2.75) is 46.0 Å². The van der Waals surface area contributed by atoms with Gasteiger partial charge in [-0.1, -0.05) is 5.92 Å². The van der Waals surface area contributed by atoms with Crippen LogP contribution in [0.15, 0.2) is 47.7 Å². The number of aromatic nitrogens is 7. The van der Waals surface area contributed by atoms with Crippen LogP contribution in [0.1, 0.15) is 51.1 Å². The first-order valence-corrected chi connectivity index (χ1v) is 13.3. The number of carbonyl (C=O) groups is 1. The van der Waals surface area contributed by atoms with E-state index in [1.165, 1.54) is 20.2 Å². The second kappa shape index (κ2) is 9.94. The smallest absolute Gasteiger partial charge is 0.330 e. The maximum absolute atomic E-state index is 14.2. The summed E-state index contributed by atoms with van der Waals surface area (Å²) in [5.74, 6) is 1.58. The molecule has 1 amide bonds. The molecule has 0 spiro atoms. The van der Waals surface area contributed by atoms with Crippen LogP contribution in [0.2, 0.25) is 0 Å². The molecule has 10 nitrogen and oxygen atoms in total. The summed E-state index contributed by atoms with van der Waals surface area (Å²) in [6, 6.07) is 6.23. The van der Waals surface area contributed by atoms with E-state index >= 15 is 0 Å². The number of terminal acetylenes is 1. The summed E-state index contributed by atoms with van der Waals surface area (Å²) in [5, 5.41) is 4.54. The van der Waals surface area contributed by atoms with E-state index in [2.05, 4.69) is 15.1 Å². The van der Waals surface area contributed by atoms with Crippen molar-refractivity contribution >= 4 is 17.1 Å². The molecule has 0 N–H and O–H groups in total. The summed E-state index contributed by atoms with van der Waals surface area (Å²) in [7, 11) is 1.82. The summed E-state index contributed by atoms with van der Waals surface area (Å²) in [5.41, 5.74) is 1.88. The second-order valence-electron chi connectivity index (χ2n) is 10.6. The lowest BCUT2D eigenvalue weighted by atomic mass is 9.97. The molecule has 0 saturated carbocycles. The van der Waals surface area contributed by atoms with Gasteiger partial charge in [0, 0.05) is 35.5 Å². The Morgan fingerprint density at radius 1 is 1.14 bits per heavy atom. The van der Waals surface area contributed by atoms with Gasteiger partial charge in [0.1, 0.15) is 5.52 Å². The Bertz CT molecular complexity index is 2050. The first-order valence-electron chi connectivity index (χ1n) is 13.3. The minimum Gasteiger partial charge on any atom is -0.330 e. The topological polar surface area (TPSA) is 104 Å². The zero-order chi connectivity index (χ0) is 30.8. The summed E-state index contributed by atoms with van der Waals surface area (Å²) in [4.78, 5) is 42.8. The van der Waals surface area contributed by atoms with E-state index in [1.807, 2.05) is 32.9 Å². The van der Waals surface area contributed by atoms with Crippen LogP contribution in [-0.4, -0.2) is 50.7 Å². The standard InChI is InChI=1S/C30H25F3N8O2/c1-6-19-7-8-20(11-23(19)30(31,32)33)27(42)39-14-25-22(10-17(39)3)28(43)40(29(36-25)41-18(4)9-16(2)37-41)21-12-24-26(34-13-21)38(5)15-35-24/h1,7-9,11-13,15,17H,10,14H2,2-5H3/t17-/m1/s1. The number of carbonyl (C=O) groups excluding carboxylic acids is 1. The second-order valence-corrected chi connectivity index (χ2v) is 10.6. The number of halogens is 3. The van der Waals surface area contributed by atoms with Crippen molar-refractivity contribution in [1.29, 1.82) is 0 Å². The van der Waals surface area contributed by atoms with Crippen LogP contribution in [0.5, 0.6) is 0 Å². The van der Waals surface area contributed by atoms with E-state index in [1.54, 1.807) is 30.1 Å². The molecule has 0 saturated heterocycles. The molecule has 0 aliphatic carbocycles. The molecule has 1 aliphatic heterocycles. The Balaban J connectivity index is 1.48. The van der Waals surface area contributed by atoms with E-state index in [0.717, 1.165) is 17.8 Å². The number of benzene rings is 1. The number of alkyl halides is 3. The van der Waals surface area contributed by atoms with Crippen LogP contribution in [0.25, 0.3) is 22.8 Å². The fourth-order valence-corrected chi connectivity index (χ4v) is 5.46. The molecule has 0 fully saturated rings. The van der Waals surface area contributed by atoms with Gasteiger partial charge in [0.05, 0.1) is 41.7 Å². The number of rotatable bonds is 3. The number of hydrogen-bond acceptors (Lipinski definition) is 6. The van der Waals surface area contributed by atoms with Crippen LogP contribution in [0, 0.1) is 26.2 Å². The maximum Gasteiger partial charge on any atom is 0.417 e. The Morgan fingerprint density at radius 2 is 1.91 bits per heavy atom. The van der Waals surface area contributed by atoms with Crippen molar-refractivity contribution in [2.75, 3.05) is 0 Å². The van der Waals surface area contributed by atoms with E-state index < -0.39 is 23.7 Å². The first-order chi connectivity index (χ1) is 20.4. The molecule has 5 heterocycles. The van der Waals surface area contributed by atoms with E-state index in [-0.39, 0.29) is 35.6 Å². The van der Waals surface area contributed by atoms with E-state index in [4.69, 9.17) is 11.4 Å². The minimum atomic E-state index is -4.73. The molecule has 43 heavy (non-hydrogen) atoms. The zero-order valence-corrected chi connectivity index (χ0v) is 23.6. The number of hydrogen-bond donors (Lipinski definition) is 0. The van der Waals surface area contributed by atoms with Crippen molar-refractivity contribution in [3.8, 4) is 24.0 Å². The molecule has 1 aliphatic rings. The number of nitrogens with zero attached hydrogens (tertiary/aromatic N) is 8. The molecule has 0 unspecified atom stereocenters. The van der Waals surface area contributed by atoms with Gasteiger partial charge in [-0.2, -0.15) is 18.3 Å². The first kappa shape index (κ1) is 27.9. The van der Waals surface area contributed by atoms with Gasteiger partial charge < -0.3 is 9.47 Å². The SMILES string of the molecule is C#Cc1ccc(C(=O)N2Cc3nc(-n4nc(C)cc4C)n(-c4cnc5c(c4)ncn5C)c(=O)c3C[C@H]2C)cc1C(F)(F)F. The third kappa shape index (κ3) is 4.64. The number of fused-ring (bicyclic) bond motifs is 2. The largest absolute Gasteiger partial charge is 0.417 e. The Labute approximate surface area is 243 Å². The highest BCUT2D eigenvalue weighted by Crippen LogP contribution is 2.33. The number of pyridine rings is 1. The van der Waals surface area contributed by atoms with Crippen molar-refractivity contribution in [1.82, 2.24) is 38.8 Å². The molecule has 1 atom stereocenters. The predicted molar refractivity (Wildman–Crippen MR) is 151 cm³/mol. The van der Waals surface area contributed by atoms with Crippen LogP contribution in [0.4, 0.5) is 13.2 Å². The van der Waals surface area contributed by atoms with Crippen molar-refractivity contribution < 1.29 is 18.0 Å². The number of imidazole rings is 1. The quantitative estimate of drug-likeness (QED) is 0.297. The Kier molecular flexibility index (Phi) is 6.45. The fourth-order valence-electron chi connectivity index (χ4n) is 5.46. The fraction of sp³-hybridized carbons (Fsp3) is 0.267. The Hall–Kier alpha value is -5.25. The summed E-state index contributed by atoms with van der Waals surface area (Å²) in [6.45, 7) is 5.29. The van der Waals surface area contributed by atoms with Crippen LogP contribution in [-0.2, 0) is 26.2 Å². The van der Waals surface area contributed by atoms with Crippen molar-refractivity contribution in [3.05, 3.63) is 92.5 Å². The van der Waals surface area contributed by atoms with Crippen LogP contribution < -0.4 is 5.56 Å².